The van der Waals surface area contributed by atoms with E-state index < -0.39 is 5.60 Å². The topological polar surface area (TPSA) is 62.2 Å². The van der Waals surface area contributed by atoms with Gasteiger partial charge in [0.25, 0.3) is 0 Å². The number of benzene rings is 1. The molecule has 2 spiro atoms. The van der Waals surface area contributed by atoms with E-state index in [1.54, 1.807) is 0 Å². The summed E-state index contributed by atoms with van der Waals surface area (Å²) in [4.78, 5) is 2.82. The van der Waals surface area contributed by atoms with Crippen LogP contribution in [0.4, 0.5) is 0 Å². The van der Waals surface area contributed by atoms with Crippen molar-refractivity contribution in [3.8, 4) is 5.75 Å². The van der Waals surface area contributed by atoms with Crippen molar-refractivity contribution in [2.45, 2.75) is 74.7 Å². The van der Waals surface area contributed by atoms with Gasteiger partial charge in [-0.25, -0.2) is 0 Å². The summed E-state index contributed by atoms with van der Waals surface area (Å²) < 4.78 is 13.2. The molecule has 1 unspecified atom stereocenters. The molecule has 5 fully saturated rings. The van der Waals surface area contributed by atoms with E-state index in [0.717, 1.165) is 55.9 Å². The molecule has 4 saturated carbocycles. The molecular weight excluding hydrogens is 378 g/mol. The van der Waals surface area contributed by atoms with Gasteiger partial charge in [0, 0.05) is 54.2 Å². The van der Waals surface area contributed by atoms with E-state index in [1.165, 1.54) is 30.5 Å². The Labute approximate surface area is 178 Å². The maximum atomic E-state index is 10.5. The van der Waals surface area contributed by atoms with E-state index in [2.05, 4.69) is 17.0 Å². The molecule has 1 saturated heterocycles. The van der Waals surface area contributed by atoms with E-state index in [1.807, 2.05) is 7.11 Å². The van der Waals surface area contributed by atoms with Crippen molar-refractivity contribution in [2.24, 2.45) is 17.3 Å². The molecule has 0 radical (unpaired) electrons. The zero-order valence-corrected chi connectivity index (χ0v) is 17.9. The molecule has 0 aromatic heterocycles. The fourth-order valence-corrected chi connectivity index (χ4v) is 8.96. The van der Waals surface area contributed by atoms with Gasteiger partial charge < -0.3 is 19.7 Å². The number of likely N-dealkylation sites (tertiary alicyclic amines) is 1. The van der Waals surface area contributed by atoms with Gasteiger partial charge in [-0.05, 0) is 63.0 Å². The number of fused-ring (bicyclic) bond motifs is 2. The fourth-order valence-electron chi connectivity index (χ4n) is 8.96. The van der Waals surface area contributed by atoms with Gasteiger partial charge in [-0.1, -0.05) is 12.1 Å². The molecule has 2 N–H and O–H groups in total. The molecule has 6 atom stereocenters. The summed E-state index contributed by atoms with van der Waals surface area (Å²) in [5, 5.41) is 20.6. The first-order chi connectivity index (χ1) is 14.6. The quantitative estimate of drug-likeness (QED) is 0.779. The van der Waals surface area contributed by atoms with Crippen LogP contribution in [0.3, 0.4) is 0 Å². The van der Waals surface area contributed by atoms with Gasteiger partial charge >= 0.3 is 0 Å². The van der Waals surface area contributed by atoms with E-state index in [4.69, 9.17) is 9.47 Å². The van der Waals surface area contributed by atoms with Crippen LogP contribution in [-0.4, -0.2) is 59.7 Å². The van der Waals surface area contributed by atoms with Crippen molar-refractivity contribution in [1.82, 2.24) is 4.90 Å². The van der Waals surface area contributed by atoms with Crippen molar-refractivity contribution < 1.29 is 19.7 Å². The van der Waals surface area contributed by atoms with Crippen molar-refractivity contribution in [3.05, 3.63) is 28.8 Å². The zero-order chi connectivity index (χ0) is 20.3. The summed E-state index contributed by atoms with van der Waals surface area (Å²) >= 11 is 0. The minimum absolute atomic E-state index is 0.0130. The standard InChI is InChI=1S/C25H33NO4/c1-29-25-7-6-23(11-18(25)14-28)19-10-16-4-5-17(13-27)21-20(16)24(23,22(25)30-21)8-9-26(19)12-15-2-3-15/h4-5,15,18-19,22,27-28H,2-3,6-14H2,1H3/t18-,19-,22?,23-,24+,25-/m1/s1. The molecule has 2 aliphatic heterocycles. The van der Waals surface area contributed by atoms with Gasteiger partial charge in [-0.3, -0.25) is 4.90 Å². The maximum absolute atomic E-state index is 10.5. The number of hydrogen-bond acceptors (Lipinski definition) is 5. The van der Waals surface area contributed by atoms with Crippen molar-refractivity contribution in [1.29, 1.82) is 0 Å². The van der Waals surface area contributed by atoms with Gasteiger partial charge in [-0.2, -0.15) is 0 Å². The molecule has 5 heteroatoms. The number of methoxy groups -OCH3 is 1. The summed E-state index contributed by atoms with van der Waals surface area (Å²) in [5.74, 6) is 1.95. The van der Waals surface area contributed by atoms with Crippen LogP contribution in [0.1, 0.15) is 55.2 Å². The largest absolute Gasteiger partial charge is 0.486 e. The van der Waals surface area contributed by atoms with Crippen LogP contribution in [0.5, 0.6) is 5.75 Å². The molecule has 2 heterocycles. The van der Waals surface area contributed by atoms with Crippen LogP contribution in [0.2, 0.25) is 0 Å². The van der Waals surface area contributed by atoms with Crippen LogP contribution in [-0.2, 0) is 23.2 Å². The van der Waals surface area contributed by atoms with Crippen molar-refractivity contribution in [2.75, 3.05) is 26.8 Å². The highest BCUT2D eigenvalue weighted by molar-refractivity contribution is 5.61. The van der Waals surface area contributed by atoms with E-state index in [0.29, 0.717) is 6.04 Å². The molecule has 8 rings (SSSR count). The van der Waals surface area contributed by atoms with Crippen molar-refractivity contribution in [3.63, 3.8) is 0 Å². The minimum atomic E-state index is -0.430. The number of hydrogen-bond donors (Lipinski definition) is 2. The smallest absolute Gasteiger partial charge is 0.138 e. The third-order valence-electron chi connectivity index (χ3n) is 10.3. The number of ether oxygens (including phenoxy) is 2. The zero-order valence-electron chi connectivity index (χ0n) is 17.9. The molecule has 4 bridgehead atoms. The molecule has 162 valence electrons. The second kappa shape index (κ2) is 5.80. The molecule has 30 heavy (non-hydrogen) atoms. The first-order valence-electron chi connectivity index (χ1n) is 12.0. The molecule has 5 nitrogen and oxygen atoms in total. The Morgan fingerprint density at radius 1 is 1.20 bits per heavy atom. The normalized spacial score (nSPS) is 45.4. The van der Waals surface area contributed by atoms with E-state index >= 15 is 0 Å². The first kappa shape index (κ1) is 18.4. The van der Waals surface area contributed by atoms with Crippen LogP contribution >= 0.6 is 0 Å². The van der Waals surface area contributed by atoms with Gasteiger partial charge in [0.05, 0.1) is 6.61 Å². The van der Waals surface area contributed by atoms with Gasteiger partial charge in [0.1, 0.15) is 17.5 Å². The van der Waals surface area contributed by atoms with Crippen LogP contribution in [0, 0.1) is 17.3 Å². The highest BCUT2D eigenvalue weighted by atomic mass is 16.6. The van der Waals surface area contributed by atoms with Gasteiger partial charge in [-0.15, -0.1) is 0 Å². The van der Waals surface area contributed by atoms with Crippen LogP contribution in [0.25, 0.3) is 0 Å². The molecular formula is C25H33NO4. The van der Waals surface area contributed by atoms with Gasteiger partial charge in [0.2, 0.25) is 0 Å². The summed E-state index contributed by atoms with van der Waals surface area (Å²) in [6.45, 7) is 2.55. The lowest BCUT2D eigenvalue weighted by Gasteiger charge is -2.73. The van der Waals surface area contributed by atoms with E-state index in [9.17, 15) is 10.2 Å². The van der Waals surface area contributed by atoms with Gasteiger partial charge in [0.15, 0.2) is 0 Å². The van der Waals surface area contributed by atoms with Crippen molar-refractivity contribution >= 4 is 0 Å². The third kappa shape index (κ3) is 1.84. The first-order valence-corrected chi connectivity index (χ1v) is 12.0. The predicted octanol–water partition coefficient (Wildman–Crippen LogP) is 2.40. The Balaban J connectivity index is 1.48. The molecule has 5 aliphatic carbocycles. The number of aliphatic hydroxyl groups is 2. The Morgan fingerprint density at radius 2 is 2.07 bits per heavy atom. The summed E-state index contributed by atoms with van der Waals surface area (Å²) in [6, 6.07) is 4.87. The average Bonchev–Trinajstić information content (AvgIpc) is 3.52. The summed E-state index contributed by atoms with van der Waals surface area (Å²) in [6.07, 6.45) is 8.07. The maximum Gasteiger partial charge on any atom is 0.138 e. The molecule has 1 aromatic carbocycles. The lowest BCUT2D eigenvalue weighted by Crippen LogP contribution is -2.81. The summed E-state index contributed by atoms with van der Waals surface area (Å²) in [7, 11) is 1.82. The molecule has 0 amide bonds. The second-order valence-electron chi connectivity index (χ2n) is 11.0. The average molecular weight is 412 g/mol. The molecule has 1 aromatic rings. The lowest BCUT2D eigenvalue weighted by molar-refractivity contribution is -0.281. The predicted molar refractivity (Wildman–Crippen MR) is 111 cm³/mol. The lowest BCUT2D eigenvalue weighted by atomic mass is 9.35. The second-order valence-corrected chi connectivity index (χ2v) is 11.0. The Morgan fingerprint density at radius 3 is 2.80 bits per heavy atom. The number of piperidine rings is 1. The number of nitrogens with zero attached hydrogens (tertiary/aromatic N) is 1. The fraction of sp³-hybridized carbons (Fsp3) is 0.760. The number of rotatable bonds is 5. The third-order valence-corrected chi connectivity index (χ3v) is 10.3. The minimum Gasteiger partial charge on any atom is -0.486 e. The Bertz CT molecular complexity index is 915. The highest BCUT2D eigenvalue weighted by Crippen LogP contribution is 2.76. The van der Waals surface area contributed by atoms with Crippen LogP contribution < -0.4 is 4.74 Å². The SMILES string of the molecule is CO[C@]12CC[C@@]3(C[C@@H]1CO)[C@H]1Cc4ccc(CO)c5c4[C@@]3(CCN1CC1CC1)C2O5. The Kier molecular flexibility index (Phi) is 3.56. The monoisotopic (exact) mass is 411 g/mol. The molecule has 7 aliphatic rings. The van der Waals surface area contributed by atoms with E-state index in [-0.39, 0.29) is 36.1 Å². The Hall–Kier alpha value is -1.14. The highest BCUT2D eigenvalue weighted by Gasteiger charge is 2.80. The van der Waals surface area contributed by atoms with Crippen LogP contribution in [0.15, 0.2) is 12.1 Å². The number of aliphatic hydroxyl groups excluding tert-OH is 2. The summed E-state index contributed by atoms with van der Waals surface area (Å²) in [5.41, 5.74) is 3.42.